The van der Waals surface area contributed by atoms with Crippen LogP contribution in [0.15, 0.2) is 48.7 Å². The molecule has 106 valence electrons. The van der Waals surface area contributed by atoms with Crippen molar-refractivity contribution in [1.29, 1.82) is 0 Å². The van der Waals surface area contributed by atoms with Crippen LogP contribution < -0.4 is 5.32 Å². The summed E-state index contributed by atoms with van der Waals surface area (Å²) in [5, 5.41) is 11.1. The van der Waals surface area contributed by atoms with Crippen LogP contribution in [-0.4, -0.2) is 22.0 Å². The van der Waals surface area contributed by atoms with E-state index in [9.17, 15) is 14.0 Å². The highest BCUT2D eigenvalue weighted by Crippen LogP contribution is 2.11. The zero-order valence-electron chi connectivity index (χ0n) is 10.8. The number of carbonyl (C=O) groups is 2. The Balaban J connectivity index is 2.12. The van der Waals surface area contributed by atoms with Gasteiger partial charge in [-0.05, 0) is 48.0 Å². The Bertz CT molecular complexity index is 696. The third kappa shape index (κ3) is 4.24. The number of nitrogens with one attached hydrogen (secondary N) is 1. The van der Waals surface area contributed by atoms with Crippen molar-refractivity contribution < 1.29 is 19.1 Å². The topological polar surface area (TPSA) is 79.3 Å². The van der Waals surface area contributed by atoms with Gasteiger partial charge in [0.25, 0.3) is 5.91 Å². The molecule has 0 spiro atoms. The molecule has 2 rings (SSSR count). The van der Waals surface area contributed by atoms with Gasteiger partial charge in [0, 0.05) is 17.8 Å². The summed E-state index contributed by atoms with van der Waals surface area (Å²) in [5.74, 6) is -1.65. The molecule has 0 fully saturated rings. The lowest BCUT2D eigenvalue weighted by molar-refractivity contribution is -0.131. The first-order valence-corrected chi connectivity index (χ1v) is 5.98. The molecule has 2 N–H and O–H groups in total. The summed E-state index contributed by atoms with van der Waals surface area (Å²) in [4.78, 5) is 26.3. The van der Waals surface area contributed by atoms with Gasteiger partial charge in [-0.3, -0.25) is 4.79 Å². The first kappa shape index (κ1) is 14.4. The maximum Gasteiger partial charge on any atom is 0.328 e. The Morgan fingerprint density at radius 2 is 1.90 bits per heavy atom. The van der Waals surface area contributed by atoms with Gasteiger partial charge in [-0.2, -0.15) is 0 Å². The number of nitrogens with zero attached hydrogens (tertiary/aromatic N) is 1. The smallest absolute Gasteiger partial charge is 0.328 e. The Morgan fingerprint density at radius 3 is 2.57 bits per heavy atom. The molecule has 0 aliphatic carbocycles. The summed E-state index contributed by atoms with van der Waals surface area (Å²) in [7, 11) is 0. The molecule has 1 aromatic heterocycles. The number of hydrogen-bond donors (Lipinski definition) is 2. The average molecular weight is 286 g/mol. The quantitative estimate of drug-likeness (QED) is 0.847. The Hall–Kier alpha value is -3.02. The number of hydrogen-bond acceptors (Lipinski definition) is 3. The molecule has 1 aromatic carbocycles. The van der Waals surface area contributed by atoms with Crippen molar-refractivity contribution in [3.8, 4) is 0 Å². The monoisotopic (exact) mass is 286 g/mol. The maximum absolute atomic E-state index is 12.8. The molecular formula is C15H11FN2O3. The summed E-state index contributed by atoms with van der Waals surface area (Å²) in [6.45, 7) is 0. The van der Waals surface area contributed by atoms with Crippen molar-refractivity contribution in [2.45, 2.75) is 0 Å². The molecule has 6 heteroatoms. The Kier molecular flexibility index (Phi) is 4.40. The molecule has 21 heavy (non-hydrogen) atoms. The number of rotatable bonds is 4. The number of amides is 1. The lowest BCUT2D eigenvalue weighted by Crippen LogP contribution is -2.12. The molecule has 1 heterocycles. The summed E-state index contributed by atoms with van der Waals surface area (Å²) < 4.78 is 12.8. The predicted octanol–water partition coefficient (Wildman–Crippen LogP) is 2.57. The normalized spacial score (nSPS) is 10.5. The number of aliphatic carboxylic acids is 1. The summed E-state index contributed by atoms with van der Waals surface area (Å²) in [6, 6.07) is 8.23. The number of carbonyl (C=O) groups excluding carboxylic acids is 1. The number of pyridine rings is 1. The van der Waals surface area contributed by atoms with E-state index in [0.29, 0.717) is 11.1 Å². The molecule has 0 aliphatic rings. The molecule has 0 saturated heterocycles. The highest BCUT2D eigenvalue weighted by Gasteiger charge is 2.07. The van der Waals surface area contributed by atoms with Crippen LogP contribution in [0, 0.1) is 5.82 Å². The van der Waals surface area contributed by atoms with Crippen LogP contribution >= 0.6 is 0 Å². The Morgan fingerprint density at radius 1 is 1.19 bits per heavy atom. The van der Waals surface area contributed by atoms with Gasteiger partial charge in [-0.15, -0.1) is 0 Å². The highest BCUT2D eigenvalue weighted by atomic mass is 19.1. The van der Waals surface area contributed by atoms with E-state index in [4.69, 9.17) is 5.11 Å². The Labute approximate surface area is 119 Å². The largest absolute Gasteiger partial charge is 0.478 e. The second-order valence-corrected chi connectivity index (χ2v) is 4.11. The molecular weight excluding hydrogens is 275 g/mol. The van der Waals surface area contributed by atoms with Gasteiger partial charge in [-0.25, -0.2) is 14.2 Å². The van der Waals surface area contributed by atoms with Crippen molar-refractivity contribution in [1.82, 2.24) is 4.98 Å². The van der Waals surface area contributed by atoms with Gasteiger partial charge in [0.2, 0.25) is 0 Å². The molecule has 5 nitrogen and oxygen atoms in total. The first-order chi connectivity index (χ1) is 10.0. The van der Waals surface area contributed by atoms with Crippen LogP contribution in [0.2, 0.25) is 0 Å². The number of carboxylic acid groups (broad SMARTS) is 1. The van der Waals surface area contributed by atoms with E-state index in [1.807, 2.05) is 0 Å². The van der Waals surface area contributed by atoms with Crippen molar-refractivity contribution in [3.63, 3.8) is 0 Å². The third-order valence-corrected chi connectivity index (χ3v) is 2.55. The molecule has 0 unspecified atom stereocenters. The zero-order chi connectivity index (χ0) is 15.2. The molecule has 0 atom stereocenters. The predicted molar refractivity (Wildman–Crippen MR) is 75.3 cm³/mol. The fraction of sp³-hybridized carbons (Fsp3) is 0. The molecule has 0 saturated carbocycles. The number of benzene rings is 1. The second-order valence-electron chi connectivity index (χ2n) is 4.11. The van der Waals surface area contributed by atoms with E-state index in [1.165, 1.54) is 42.6 Å². The first-order valence-electron chi connectivity index (χ1n) is 5.98. The third-order valence-electron chi connectivity index (χ3n) is 2.55. The fourth-order valence-electron chi connectivity index (χ4n) is 1.58. The van der Waals surface area contributed by atoms with E-state index in [2.05, 4.69) is 10.3 Å². The number of anilines is 1. The maximum atomic E-state index is 12.8. The van der Waals surface area contributed by atoms with Gasteiger partial charge in [0.05, 0.1) is 0 Å². The van der Waals surface area contributed by atoms with Gasteiger partial charge < -0.3 is 10.4 Å². The number of carboxylic acids is 1. The summed E-state index contributed by atoms with van der Waals surface area (Å²) >= 11 is 0. The molecule has 1 amide bonds. The van der Waals surface area contributed by atoms with E-state index in [1.54, 1.807) is 6.07 Å². The minimum Gasteiger partial charge on any atom is -0.478 e. The van der Waals surface area contributed by atoms with Crippen molar-refractivity contribution in [3.05, 3.63) is 65.6 Å². The van der Waals surface area contributed by atoms with Crippen molar-refractivity contribution in [2.24, 2.45) is 0 Å². The van der Waals surface area contributed by atoms with Gasteiger partial charge in [-0.1, -0.05) is 0 Å². The van der Waals surface area contributed by atoms with Gasteiger partial charge in [0.15, 0.2) is 0 Å². The second kappa shape index (κ2) is 6.42. The lowest BCUT2D eigenvalue weighted by atomic mass is 10.2. The van der Waals surface area contributed by atoms with Crippen LogP contribution in [0.4, 0.5) is 10.2 Å². The zero-order valence-corrected chi connectivity index (χ0v) is 10.8. The molecule has 0 bridgehead atoms. The van der Waals surface area contributed by atoms with Gasteiger partial charge >= 0.3 is 5.97 Å². The SMILES string of the molecule is O=C(O)/C=C/c1ccnc(NC(=O)c2ccc(F)cc2)c1. The fourth-order valence-corrected chi connectivity index (χ4v) is 1.58. The minimum absolute atomic E-state index is 0.275. The molecule has 0 aliphatic heterocycles. The van der Waals surface area contributed by atoms with Crippen molar-refractivity contribution >= 4 is 23.8 Å². The van der Waals surface area contributed by atoms with Gasteiger partial charge in [0.1, 0.15) is 11.6 Å². The van der Waals surface area contributed by atoms with E-state index in [-0.39, 0.29) is 5.82 Å². The van der Waals surface area contributed by atoms with E-state index < -0.39 is 17.7 Å². The molecule has 0 radical (unpaired) electrons. The van der Waals surface area contributed by atoms with Crippen LogP contribution in [0.1, 0.15) is 15.9 Å². The standard InChI is InChI=1S/C15H11FN2O3/c16-12-4-2-11(3-5-12)15(21)18-13-9-10(7-8-17-13)1-6-14(19)20/h1-9H,(H,19,20)(H,17,18,21)/b6-1+. The average Bonchev–Trinajstić information content (AvgIpc) is 2.46. The number of aromatic nitrogens is 1. The highest BCUT2D eigenvalue weighted by molar-refractivity contribution is 6.03. The number of halogens is 1. The summed E-state index contributed by atoms with van der Waals surface area (Å²) in [6.07, 6.45) is 3.82. The van der Waals surface area contributed by atoms with Crippen LogP contribution in [0.25, 0.3) is 6.08 Å². The van der Waals surface area contributed by atoms with Crippen LogP contribution in [0.3, 0.4) is 0 Å². The molecule has 2 aromatic rings. The minimum atomic E-state index is -1.07. The summed E-state index contributed by atoms with van der Waals surface area (Å²) in [5.41, 5.74) is 0.881. The van der Waals surface area contributed by atoms with Crippen molar-refractivity contribution in [2.75, 3.05) is 5.32 Å². The lowest BCUT2D eigenvalue weighted by Gasteiger charge is -2.05. The van der Waals surface area contributed by atoms with E-state index >= 15 is 0 Å². The van der Waals surface area contributed by atoms with Crippen LogP contribution in [-0.2, 0) is 4.79 Å². The van der Waals surface area contributed by atoms with Crippen LogP contribution in [0.5, 0.6) is 0 Å². The van der Waals surface area contributed by atoms with E-state index in [0.717, 1.165) is 6.08 Å².